The summed E-state index contributed by atoms with van der Waals surface area (Å²) >= 11 is 0. The van der Waals surface area contributed by atoms with E-state index in [1.54, 1.807) is 55.5 Å². The van der Waals surface area contributed by atoms with Gasteiger partial charge in [0.1, 0.15) is 28.8 Å². The lowest BCUT2D eigenvalue weighted by Crippen LogP contribution is -2.23. The highest BCUT2D eigenvalue weighted by molar-refractivity contribution is 6.10. The summed E-state index contributed by atoms with van der Waals surface area (Å²) in [5, 5.41) is 18.3. The third-order valence-corrected chi connectivity index (χ3v) is 5.74. The zero-order valence-electron chi connectivity index (χ0n) is 18.5. The number of furan rings is 2. The van der Waals surface area contributed by atoms with Crippen molar-refractivity contribution in [1.82, 2.24) is 9.99 Å². The molecule has 0 aliphatic carbocycles. The van der Waals surface area contributed by atoms with Crippen LogP contribution in [0.4, 0.5) is 5.69 Å². The number of pyridine rings is 1. The summed E-state index contributed by atoms with van der Waals surface area (Å²) in [6.07, 6.45) is 3.31. The Morgan fingerprint density at radius 3 is 2.41 bits per heavy atom. The van der Waals surface area contributed by atoms with Crippen molar-refractivity contribution in [1.29, 1.82) is 0 Å². The maximum absolute atomic E-state index is 12.4. The Labute approximate surface area is 194 Å². The molecule has 1 amide bonds. The van der Waals surface area contributed by atoms with Crippen molar-refractivity contribution in [3.8, 4) is 22.6 Å². The van der Waals surface area contributed by atoms with Crippen LogP contribution in [0.25, 0.3) is 22.6 Å². The molecular weight excluding hydrogens is 436 g/mol. The fraction of sp³-hybridized carbons (Fsp3) is 0.160. The summed E-state index contributed by atoms with van der Waals surface area (Å²) < 4.78 is 11.2. The number of amides is 1. The number of hydrazone groups is 1. The summed E-state index contributed by atoms with van der Waals surface area (Å²) in [6, 6.07) is 15.4. The van der Waals surface area contributed by atoms with Crippen LogP contribution in [0.15, 0.2) is 81.1 Å². The molecule has 34 heavy (non-hydrogen) atoms. The Kier molecular flexibility index (Phi) is 5.29. The molecule has 0 bridgehead atoms. The number of carbonyl (C=O) groups is 1. The molecular formula is C25H20N4O5. The average Bonchev–Trinajstić information content (AvgIpc) is 3.60. The van der Waals surface area contributed by atoms with Crippen molar-refractivity contribution in [3.05, 3.63) is 94.3 Å². The molecule has 9 nitrogen and oxygen atoms in total. The van der Waals surface area contributed by atoms with E-state index in [1.165, 1.54) is 24.5 Å². The van der Waals surface area contributed by atoms with Crippen molar-refractivity contribution in [2.24, 2.45) is 5.10 Å². The zero-order chi connectivity index (χ0) is 23.8. The van der Waals surface area contributed by atoms with Gasteiger partial charge in [-0.1, -0.05) is 30.3 Å². The minimum absolute atomic E-state index is 0.180. The minimum Gasteiger partial charge on any atom is -0.467 e. The van der Waals surface area contributed by atoms with Crippen LogP contribution in [-0.2, 0) is 4.79 Å². The number of hydrogen-bond acceptors (Lipinski definition) is 7. The van der Waals surface area contributed by atoms with Gasteiger partial charge in [0.05, 0.1) is 23.2 Å². The Morgan fingerprint density at radius 1 is 1.06 bits per heavy atom. The second kappa shape index (κ2) is 8.43. The van der Waals surface area contributed by atoms with Crippen LogP contribution in [0.1, 0.15) is 36.4 Å². The van der Waals surface area contributed by atoms with Gasteiger partial charge < -0.3 is 8.83 Å². The number of nitro groups is 1. The molecule has 0 N–H and O–H groups in total. The highest BCUT2D eigenvalue weighted by atomic mass is 16.6. The van der Waals surface area contributed by atoms with Gasteiger partial charge in [0.15, 0.2) is 0 Å². The second-order valence-electron chi connectivity index (χ2n) is 7.89. The topological polar surface area (TPSA) is 115 Å². The minimum atomic E-state index is -0.459. The molecule has 1 atom stereocenters. The molecule has 0 radical (unpaired) electrons. The Balaban J connectivity index is 1.77. The van der Waals surface area contributed by atoms with Crippen molar-refractivity contribution < 1.29 is 18.6 Å². The number of rotatable bonds is 5. The van der Waals surface area contributed by atoms with Gasteiger partial charge in [-0.05, 0) is 31.2 Å². The number of carbonyl (C=O) groups excluding carboxylic acids is 1. The monoisotopic (exact) mass is 456 g/mol. The first-order chi connectivity index (χ1) is 16.5. The van der Waals surface area contributed by atoms with Crippen LogP contribution < -0.4 is 0 Å². The van der Waals surface area contributed by atoms with Gasteiger partial charge >= 0.3 is 5.69 Å². The molecule has 1 unspecified atom stereocenters. The molecule has 0 spiro atoms. The Hall–Kier alpha value is -4.53. The summed E-state index contributed by atoms with van der Waals surface area (Å²) in [4.78, 5) is 29.0. The molecule has 1 aliphatic rings. The molecule has 3 aromatic heterocycles. The van der Waals surface area contributed by atoms with Crippen molar-refractivity contribution in [2.45, 2.75) is 26.3 Å². The molecule has 1 aromatic carbocycles. The summed E-state index contributed by atoms with van der Waals surface area (Å²) in [5.74, 6) is 0.634. The van der Waals surface area contributed by atoms with E-state index in [2.05, 4.69) is 10.1 Å². The standard InChI is InChI=1S/C25H20N4O5/c1-15-22(18-14-19(20-10-6-12-33-20)28(27-18)16(2)30)23(21-11-7-13-34-21)25(29(31)32)24(26-15)17-8-4-3-5-9-17/h3-13,19H,14H2,1-2H3. The maximum Gasteiger partial charge on any atom is 0.307 e. The van der Waals surface area contributed by atoms with E-state index >= 15 is 0 Å². The van der Waals surface area contributed by atoms with Gasteiger partial charge in [0, 0.05) is 30.2 Å². The molecule has 1 aliphatic heterocycles. The van der Waals surface area contributed by atoms with Gasteiger partial charge in [0.2, 0.25) is 5.91 Å². The zero-order valence-corrected chi connectivity index (χ0v) is 18.5. The number of benzene rings is 1. The molecule has 170 valence electrons. The van der Waals surface area contributed by atoms with Crippen molar-refractivity contribution in [3.63, 3.8) is 0 Å². The van der Waals surface area contributed by atoms with Gasteiger partial charge in [-0.15, -0.1) is 0 Å². The highest BCUT2D eigenvalue weighted by Gasteiger charge is 2.38. The van der Waals surface area contributed by atoms with Gasteiger partial charge in [-0.25, -0.2) is 9.99 Å². The number of aromatic nitrogens is 1. The van der Waals surface area contributed by atoms with Gasteiger partial charge in [-0.2, -0.15) is 5.10 Å². The molecule has 4 heterocycles. The Bertz CT molecular complexity index is 1390. The maximum atomic E-state index is 12.4. The van der Waals surface area contributed by atoms with E-state index in [0.717, 1.165) is 0 Å². The summed E-state index contributed by atoms with van der Waals surface area (Å²) in [7, 11) is 0. The van der Waals surface area contributed by atoms with Crippen molar-refractivity contribution >= 4 is 17.3 Å². The van der Waals surface area contributed by atoms with Crippen LogP contribution in [0.2, 0.25) is 0 Å². The van der Waals surface area contributed by atoms with E-state index in [1.807, 2.05) is 6.07 Å². The summed E-state index contributed by atoms with van der Waals surface area (Å²) in [5.41, 5.74) is 2.46. The van der Waals surface area contributed by atoms with Crippen LogP contribution in [0, 0.1) is 17.0 Å². The molecule has 0 fully saturated rings. The lowest BCUT2D eigenvalue weighted by atomic mass is 9.92. The van der Waals surface area contributed by atoms with Crippen LogP contribution in [0.5, 0.6) is 0 Å². The smallest absolute Gasteiger partial charge is 0.307 e. The number of hydrogen-bond donors (Lipinski definition) is 0. The van der Waals surface area contributed by atoms with Crippen molar-refractivity contribution in [2.75, 3.05) is 0 Å². The lowest BCUT2D eigenvalue weighted by Gasteiger charge is -2.17. The highest BCUT2D eigenvalue weighted by Crippen LogP contribution is 2.44. The SMILES string of the molecule is CC(=O)N1N=C(c2c(C)nc(-c3ccccc3)c([N+](=O)[O-])c2-c2ccco2)CC1c1ccco1. The van der Waals surface area contributed by atoms with Crippen LogP contribution in [0.3, 0.4) is 0 Å². The Morgan fingerprint density at radius 2 is 1.79 bits per heavy atom. The first-order valence-electron chi connectivity index (χ1n) is 10.6. The van der Waals surface area contributed by atoms with Crippen LogP contribution >= 0.6 is 0 Å². The predicted octanol–water partition coefficient (Wildman–Crippen LogP) is 5.52. The number of aryl methyl sites for hydroxylation is 1. The number of nitrogens with zero attached hydrogens (tertiary/aromatic N) is 4. The fourth-order valence-corrected chi connectivity index (χ4v) is 4.34. The second-order valence-corrected chi connectivity index (χ2v) is 7.89. The van der Waals surface area contributed by atoms with Crippen LogP contribution in [-0.4, -0.2) is 26.5 Å². The predicted molar refractivity (Wildman–Crippen MR) is 124 cm³/mol. The van der Waals surface area contributed by atoms with E-state index in [4.69, 9.17) is 8.83 Å². The first-order valence-corrected chi connectivity index (χ1v) is 10.6. The summed E-state index contributed by atoms with van der Waals surface area (Å²) in [6.45, 7) is 3.20. The van der Waals surface area contributed by atoms with Gasteiger partial charge in [-0.3, -0.25) is 14.9 Å². The molecule has 9 heteroatoms. The molecule has 0 saturated carbocycles. The van der Waals surface area contributed by atoms with Gasteiger partial charge in [0.25, 0.3) is 0 Å². The third kappa shape index (κ3) is 3.57. The largest absolute Gasteiger partial charge is 0.467 e. The molecule has 0 saturated heterocycles. The van der Waals surface area contributed by atoms with E-state index in [9.17, 15) is 14.9 Å². The average molecular weight is 456 g/mol. The fourth-order valence-electron chi connectivity index (χ4n) is 4.34. The lowest BCUT2D eigenvalue weighted by molar-refractivity contribution is -0.383. The first kappa shape index (κ1) is 21.3. The van der Waals surface area contributed by atoms with E-state index < -0.39 is 11.0 Å². The third-order valence-electron chi connectivity index (χ3n) is 5.74. The normalized spacial score (nSPS) is 15.4. The van der Waals surface area contributed by atoms with E-state index in [-0.39, 0.29) is 22.9 Å². The molecule has 4 aromatic rings. The van der Waals surface area contributed by atoms with E-state index in [0.29, 0.717) is 40.5 Å². The molecule has 5 rings (SSSR count). The quantitative estimate of drug-likeness (QED) is 0.289.